The molecule has 0 unspecified atom stereocenters. The molecule has 0 atom stereocenters. The number of likely N-dealkylation sites (tertiary alicyclic amines) is 1. The summed E-state index contributed by atoms with van der Waals surface area (Å²) >= 11 is 6.83. The number of thioether (sulfide) groups is 1. The SMILES string of the molecule is CCOc1cc(/C=C2\SC(=O)N(CC(=O)Nc3ccc(OC)c(Cl)c3)C2=O)ccc1OCC(=O)N1CCCC1. The molecule has 10 nitrogen and oxygen atoms in total. The molecule has 0 aliphatic carbocycles. The van der Waals surface area contributed by atoms with Crippen molar-refractivity contribution in [2.45, 2.75) is 19.8 Å². The van der Waals surface area contributed by atoms with Crippen LogP contribution in [-0.2, 0) is 14.4 Å². The van der Waals surface area contributed by atoms with Crippen LogP contribution in [0.4, 0.5) is 10.5 Å². The number of amides is 4. The highest BCUT2D eigenvalue weighted by Crippen LogP contribution is 2.35. The maximum atomic E-state index is 12.9. The molecule has 0 radical (unpaired) electrons. The number of rotatable bonds is 10. The first-order chi connectivity index (χ1) is 18.8. The summed E-state index contributed by atoms with van der Waals surface area (Å²) in [6.07, 6.45) is 3.55. The first-order valence-corrected chi connectivity index (χ1v) is 13.5. The van der Waals surface area contributed by atoms with E-state index in [-0.39, 0.29) is 17.4 Å². The molecule has 39 heavy (non-hydrogen) atoms. The zero-order chi connectivity index (χ0) is 27.9. The van der Waals surface area contributed by atoms with E-state index in [2.05, 4.69) is 5.32 Å². The predicted octanol–water partition coefficient (Wildman–Crippen LogP) is 4.42. The van der Waals surface area contributed by atoms with Crippen molar-refractivity contribution < 1.29 is 33.4 Å². The summed E-state index contributed by atoms with van der Waals surface area (Å²) in [5.74, 6) is 0.0632. The summed E-state index contributed by atoms with van der Waals surface area (Å²) in [6, 6.07) is 9.74. The molecule has 2 aliphatic heterocycles. The fourth-order valence-electron chi connectivity index (χ4n) is 4.08. The summed E-state index contributed by atoms with van der Waals surface area (Å²) in [7, 11) is 1.48. The molecular weight excluding hydrogens is 546 g/mol. The van der Waals surface area contributed by atoms with Crippen molar-refractivity contribution in [2.75, 3.05) is 45.3 Å². The summed E-state index contributed by atoms with van der Waals surface area (Å²) in [5, 5.41) is 2.38. The highest BCUT2D eigenvalue weighted by Gasteiger charge is 2.36. The minimum Gasteiger partial charge on any atom is -0.495 e. The third kappa shape index (κ3) is 7.04. The molecule has 2 saturated heterocycles. The van der Waals surface area contributed by atoms with Crippen LogP contribution in [-0.4, -0.2) is 72.7 Å². The Morgan fingerprint density at radius 2 is 1.79 bits per heavy atom. The lowest BCUT2D eigenvalue weighted by atomic mass is 10.2. The maximum absolute atomic E-state index is 12.9. The number of nitrogens with zero attached hydrogens (tertiary/aromatic N) is 2. The fourth-order valence-corrected chi connectivity index (χ4v) is 5.17. The third-order valence-corrected chi connectivity index (χ3v) is 7.19. The van der Waals surface area contributed by atoms with Crippen LogP contribution >= 0.6 is 23.4 Å². The largest absolute Gasteiger partial charge is 0.495 e. The van der Waals surface area contributed by atoms with Gasteiger partial charge in [-0.2, -0.15) is 0 Å². The number of hydrogen-bond acceptors (Lipinski definition) is 8. The highest BCUT2D eigenvalue weighted by molar-refractivity contribution is 8.18. The van der Waals surface area contributed by atoms with Crippen molar-refractivity contribution in [3.05, 3.63) is 51.9 Å². The number of nitrogens with one attached hydrogen (secondary N) is 1. The standard InChI is InChI=1S/C27H28ClN3O7S/c1-3-37-22-12-17(6-8-21(22)38-16-25(33)30-10-4-5-11-30)13-23-26(34)31(27(35)39-23)15-24(32)29-18-7-9-20(36-2)19(28)14-18/h6-9,12-14H,3-5,10-11,15-16H2,1-2H3,(H,29,32)/b23-13-. The van der Waals surface area contributed by atoms with Crippen LogP contribution in [0, 0.1) is 0 Å². The molecule has 4 amide bonds. The first kappa shape index (κ1) is 28.3. The lowest BCUT2D eigenvalue weighted by Crippen LogP contribution is -2.36. The number of anilines is 1. The topological polar surface area (TPSA) is 114 Å². The number of imide groups is 1. The molecule has 1 N–H and O–H groups in total. The van der Waals surface area contributed by atoms with E-state index in [0.29, 0.717) is 40.1 Å². The minimum atomic E-state index is -0.581. The van der Waals surface area contributed by atoms with Crippen molar-refractivity contribution in [3.8, 4) is 17.2 Å². The van der Waals surface area contributed by atoms with E-state index in [4.69, 9.17) is 25.8 Å². The Bertz CT molecular complexity index is 1310. The molecule has 4 rings (SSSR count). The van der Waals surface area contributed by atoms with E-state index in [9.17, 15) is 19.2 Å². The summed E-state index contributed by atoms with van der Waals surface area (Å²) in [5.41, 5.74) is 1.00. The van der Waals surface area contributed by atoms with E-state index >= 15 is 0 Å². The number of carbonyl (C=O) groups excluding carboxylic acids is 4. The average Bonchev–Trinajstić information content (AvgIpc) is 3.54. The molecule has 0 saturated carbocycles. The number of ether oxygens (including phenoxy) is 3. The van der Waals surface area contributed by atoms with Crippen molar-refractivity contribution >= 4 is 58.1 Å². The van der Waals surface area contributed by atoms with Gasteiger partial charge in [-0.05, 0) is 73.5 Å². The van der Waals surface area contributed by atoms with Gasteiger partial charge in [-0.15, -0.1) is 0 Å². The van der Waals surface area contributed by atoms with E-state index in [1.54, 1.807) is 41.3 Å². The Morgan fingerprint density at radius 3 is 2.49 bits per heavy atom. The minimum absolute atomic E-state index is 0.0770. The second-order valence-corrected chi connectivity index (χ2v) is 10.1. The second-order valence-electron chi connectivity index (χ2n) is 8.68. The van der Waals surface area contributed by atoms with Gasteiger partial charge in [0.2, 0.25) is 5.91 Å². The summed E-state index contributed by atoms with van der Waals surface area (Å²) in [4.78, 5) is 53.1. The smallest absolute Gasteiger partial charge is 0.294 e. The average molecular weight is 574 g/mol. The van der Waals surface area contributed by atoms with Crippen molar-refractivity contribution in [2.24, 2.45) is 0 Å². The van der Waals surface area contributed by atoms with Gasteiger partial charge < -0.3 is 24.4 Å². The Hall–Kier alpha value is -3.70. The van der Waals surface area contributed by atoms with Crippen LogP contribution in [0.25, 0.3) is 6.08 Å². The molecule has 2 heterocycles. The highest BCUT2D eigenvalue weighted by atomic mass is 35.5. The lowest BCUT2D eigenvalue weighted by Gasteiger charge is -2.17. The molecule has 2 aromatic carbocycles. The molecule has 0 aromatic heterocycles. The number of hydrogen-bond donors (Lipinski definition) is 1. The maximum Gasteiger partial charge on any atom is 0.294 e. The van der Waals surface area contributed by atoms with E-state index in [1.807, 2.05) is 6.92 Å². The van der Waals surface area contributed by atoms with Crippen molar-refractivity contribution in [1.29, 1.82) is 0 Å². The van der Waals surface area contributed by atoms with Crippen LogP contribution in [0.2, 0.25) is 5.02 Å². The van der Waals surface area contributed by atoms with Crippen molar-refractivity contribution in [1.82, 2.24) is 9.80 Å². The molecule has 0 bridgehead atoms. The van der Waals surface area contributed by atoms with Gasteiger partial charge in [0.25, 0.3) is 17.1 Å². The Morgan fingerprint density at radius 1 is 1.05 bits per heavy atom. The molecular formula is C27H28ClN3O7S. The van der Waals surface area contributed by atoms with Gasteiger partial charge in [-0.1, -0.05) is 17.7 Å². The number of benzene rings is 2. The fraction of sp³-hybridized carbons (Fsp3) is 0.333. The van der Waals surface area contributed by atoms with Gasteiger partial charge in [0, 0.05) is 18.8 Å². The van der Waals surface area contributed by atoms with Gasteiger partial charge >= 0.3 is 0 Å². The number of methoxy groups -OCH3 is 1. The van der Waals surface area contributed by atoms with Gasteiger partial charge in [-0.3, -0.25) is 24.1 Å². The molecule has 12 heteroatoms. The third-order valence-electron chi connectivity index (χ3n) is 5.99. The predicted molar refractivity (Wildman–Crippen MR) is 148 cm³/mol. The van der Waals surface area contributed by atoms with Crippen LogP contribution in [0.1, 0.15) is 25.3 Å². The van der Waals surface area contributed by atoms with Crippen LogP contribution < -0.4 is 19.5 Å². The zero-order valence-corrected chi connectivity index (χ0v) is 23.1. The van der Waals surface area contributed by atoms with Crippen molar-refractivity contribution in [3.63, 3.8) is 0 Å². The van der Waals surface area contributed by atoms with E-state index in [0.717, 1.165) is 42.6 Å². The zero-order valence-electron chi connectivity index (χ0n) is 21.5. The van der Waals surface area contributed by atoms with Gasteiger partial charge in [0.1, 0.15) is 12.3 Å². The van der Waals surface area contributed by atoms with Crippen LogP contribution in [0.5, 0.6) is 17.2 Å². The quantitative estimate of drug-likeness (QED) is 0.415. The number of carbonyl (C=O) groups is 4. The van der Waals surface area contributed by atoms with Crippen LogP contribution in [0.15, 0.2) is 41.3 Å². The van der Waals surface area contributed by atoms with E-state index < -0.39 is 23.6 Å². The van der Waals surface area contributed by atoms with Crippen LogP contribution in [0.3, 0.4) is 0 Å². The molecule has 0 spiro atoms. The Labute approximate surface area is 235 Å². The Balaban J connectivity index is 1.41. The monoisotopic (exact) mass is 573 g/mol. The summed E-state index contributed by atoms with van der Waals surface area (Å²) < 4.78 is 16.5. The number of halogens is 1. The molecule has 2 fully saturated rings. The van der Waals surface area contributed by atoms with E-state index in [1.165, 1.54) is 13.2 Å². The van der Waals surface area contributed by atoms with Gasteiger partial charge in [0.05, 0.1) is 23.6 Å². The first-order valence-electron chi connectivity index (χ1n) is 12.3. The molecule has 2 aliphatic rings. The second kappa shape index (κ2) is 12.9. The van der Waals surface area contributed by atoms with Gasteiger partial charge in [-0.25, -0.2) is 0 Å². The lowest BCUT2D eigenvalue weighted by molar-refractivity contribution is -0.132. The van der Waals surface area contributed by atoms with Gasteiger partial charge in [0.15, 0.2) is 18.1 Å². The summed E-state index contributed by atoms with van der Waals surface area (Å²) in [6.45, 7) is 3.13. The normalized spacial score (nSPS) is 16.1. The molecule has 206 valence electrons. The Kier molecular flexibility index (Phi) is 9.36. The molecule has 2 aromatic rings.